The van der Waals surface area contributed by atoms with Gasteiger partial charge in [-0.3, -0.25) is 0 Å². The molecule has 0 aliphatic heterocycles. The zero-order valence-corrected chi connectivity index (χ0v) is 7.68. The van der Waals surface area contributed by atoms with Crippen LogP contribution in [0.25, 0.3) is 0 Å². The lowest BCUT2D eigenvalue weighted by Gasteiger charge is -2.09. The molecule has 14 heavy (non-hydrogen) atoms. The van der Waals surface area contributed by atoms with Gasteiger partial charge in [0.2, 0.25) is 0 Å². The van der Waals surface area contributed by atoms with Crippen molar-refractivity contribution in [2.24, 2.45) is 5.92 Å². The van der Waals surface area contributed by atoms with Gasteiger partial charge in [-0.05, 0) is 18.8 Å². The molecule has 92 valence electrons. The van der Waals surface area contributed by atoms with Crippen molar-refractivity contribution in [2.75, 3.05) is 20.3 Å². The van der Waals surface area contributed by atoms with E-state index in [9.17, 15) is 0 Å². The minimum Gasteiger partial charge on any atom is -0.396 e. The Morgan fingerprint density at radius 1 is 1.14 bits per heavy atom. The van der Waals surface area contributed by atoms with Crippen LogP contribution >= 0.6 is 0 Å². The topological polar surface area (TPSA) is 29.5 Å². The van der Waals surface area contributed by atoms with E-state index >= 15 is 0 Å². The van der Waals surface area contributed by atoms with E-state index in [2.05, 4.69) is 6.92 Å². The van der Waals surface area contributed by atoms with Gasteiger partial charge in [-0.15, -0.1) is 0 Å². The van der Waals surface area contributed by atoms with Gasteiger partial charge >= 0.3 is 0 Å². The van der Waals surface area contributed by atoms with Crippen LogP contribution in [0.5, 0.6) is 0 Å². The maximum atomic E-state index is 8.85. The molecule has 0 heterocycles. The van der Waals surface area contributed by atoms with Crippen LogP contribution in [0.1, 0.15) is 54.9 Å². The summed E-state index contributed by atoms with van der Waals surface area (Å²) in [5.74, 6) is 0.506. The number of rotatable bonds is 7. The summed E-state index contributed by atoms with van der Waals surface area (Å²) in [6, 6.07) is 0. The molecule has 0 bridgehead atoms. The maximum absolute atomic E-state index is 8.85. The molecule has 0 aromatic carbocycles. The van der Waals surface area contributed by atoms with E-state index in [1.54, 1.807) is 7.11 Å². The minimum atomic E-state index is 0. The average molecular weight is 208 g/mol. The first-order chi connectivity index (χ1) is 5.35. The summed E-state index contributed by atoms with van der Waals surface area (Å²) in [7, 11) is 1.73. The first-order valence-electron chi connectivity index (χ1n) is 4.45. The van der Waals surface area contributed by atoms with E-state index in [4.69, 9.17) is 9.84 Å². The van der Waals surface area contributed by atoms with Gasteiger partial charge in [0.25, 0.3) is 0 Å². The van der Waals surface area contributed by atoms with Crippen molar-refractivity contribution < 1.29 is 9.84 Å². The first-order valence-corrected chi connectivity index (χ1v) is 4.45. The molecule has 0 aromatic heterocycles. The second-order valence-corrected chi connectivity index (χ2v) is 2.95. The lowest BCUT2D eigenvalue weighted by atomic mass is 10.0. The van der Waals surface area contributed by atoms with Gasteiger partial charge in [0.1, 0.15) is 0 Å². The molecule has 0 fully saturated rings. The fraction of sp³-hybridized carbons (Fsp3) is 1.00. The highest BCUT2D eigenvalue weighted by atomic mass is 16.5. The Kier molecular flexibility index (Phi) is 31.5. The number of aliphatic hydroxyl groups is 1. The molecule has 0 aliphatic carbocycles. The second-order valence-electron chi connectivity index (χ2n) is 2.95. The Morgan fingerprint density at radius 3 is 2.07 bits per heavy atom. The van der Waals surface area contributed by atoms with Crippen LogP contribution in [-0.4, -0.2) is 25.4 Å². The molecule has 0 amide bonds. The monoisotopic (exact) mass is 208 g/mol. The van der Waals surface area contributed by atoms with Crippen LogP contribution < -0.4 is 0 Å². The Hall–Kier alpha value is -0.0800. The molecule has 0 aliphatic rings. The van der Waals surface area contributed by atoms with Gasteiger partial charge in [-0.2, -0.15) is 0 Å². The zero-order valence-electron chi connectivity index (χ0n) is 7.68. The number of methoxy groups -OCH3 is 1. The summed E-state index contributed by atoms with van der Waals surface area (Å²) in [5.41, 5.74) is 0. The molecule has 0 rings (SSSR count). The van der Waals surface area contributed by atoms with Gasteiger partial charge in [0, 0.05) is 20.3 Å². The van der Waals surface area contributed by atoms with Crippen LogP contribution in [0.15, 0.2) is 0 Å². The molecule has 1 unspecified atom stereocenters. The van der Waals surface area contributed by atoms with Crippen LogP contribution in [0.4, 0.5) is 0 Å². The predicted molar refractivity (Wildman–Crippen MR) is 66.8 cm³/mol. The highest BCUT2D eigenvalue weighted by molar-refractivity contribution is 4.54. The maximum Gasteiger partial charge on any atom is 0.0462 e. The van der Waals surface area contributed by atoms with Gasteiger partial charge in [-0.25, -0.2) is 0 Å². The lowest BCUT2D eigenvalue weighted by molar-refractivity contribution is 0.180. The van der Waals surface area contributed by atoms with E-state index < -0.39 is 0 Å². The summed E-state index contributed by atoms with van der Waals surface area (Å²) < 4.78 is 4.93. The number of aliphatic hydroxyl groups excluding tert-OH is 1. The molecule has 1 atom stereocenters. The number of hydrogen-bond donors (Lipinski definition) is 1. The van der Waals surface area contributed by atoms with E-state index in [-0.39, 0.29) is 22.3 Å². The Bertz CT molecular complexity index is 70.7. The standard InChI is InChI=1S/C9H20O2.3CH4/c1-3-9(8-10)6-4-5-7-11-2;;;/h9-10H,3-8H2,1-2H3;3*1H4. The van der Waals surface area contributed by atoms with E-state index in [1.165, 1.54) is 6.42 Å². The van der Waals surface area contributed by atoms with Crippen LogP contribution in [0.2, 0.25) is 0 Å². The normalized spacial score (nSPS) is 10.5. The summed E-state index contributed by atoms with van der Waals surface area (Å²) in [6.45, 7) is 3.31. The summed E-state index contributed by atoms with van der Waals surface area (Å²) in [4.78, 5) is 0. The average Bonchev–Trinajstić information content (AvgIpc) is 2.05. The third kappa shape index (κ3) is 14.4. The first kappa shape index (κ1) is 23.6. The largest absolute Gasteiger partial charge is 0.396 e. The molecule has 2 heteroatoms. The molecule has 0 saturated heterocycles. The molecule has 1 N–H and O–H groups in total. The fourth-order valence-electron chi connectivity index (χ4n) is 1.10. The second kappa shape index (κ2) is 18.7. The third-order valence-electron chi connectivity index (χ3n) is 2.05. The zero-order chi connectivity index (χ0) is 8.53. The van der Waals surface area contributed by atoms with Crippen molar-refractivity contribution in [3.63, 3.8) is 0 Å². The van der Waals surface area contributed by atoms with Crippen molar-refractivity contribution in [1.82, 2.24) is 0 Å². The minimum absolute atomic E-state index is 0. The van der Waals surface area contributed by atoms with E-state index in [0.717, 1.165) is 25.9 Å². The summed E-state index contributed by atoms with van der Waals surface area (Å²) >= 11 is 0. The van der Waals surface area contributed by atoms with E-state index in [0.29, 0.717) is 12.5 Å². The number of ether oxygens (including phenoxy) is 1. The molecular formula is C12H32O2. The SMILES string of the molecule is C.C.C.CCC(CO)CCCCOC. The van der Waals surface area contributed by atoms with Crippen molar-refractivity contribution in [3.05, 3.63) is 0 Å². The quantitative estimate of drug-likeness (QED) is 0.646. The van der Waals surface area contributed by atoms with Crippen LogP contribution in [0.3, 0.4) is 0 Å². The number of hydrogen-bond acceptors (Lipinski definition) is 2. The van der Waals surface area contributed by atoms with Crippen molar-refractivity contribution in [1.29, 1.82) is 0 Å². The Labute approximate surface area is 91.7 Å². The van der Waals surface area contributed by atoms with Crippen molar-refractivity contribution in [3.8, 4) is 0 Å². The predicted octanol–water partition coefficient (Wildman–Crippen LogP) is 3.73. The van der Waals surface area contributed by atoms with E-state index in [1.807, 2.05) is 0 Å². The molecule has 0 radical (unpaired) electrons. The molecule has 2 nitrogen and oxygen atoms in total. The molecule has 0 spiro atoms. The van der Waals surface area contributed by atoms with Gasteiger partial charge in [0.15, 0.2) is 0 Å². The van der Waals surface area contributed by atoms with Crippen LogP contribution in [0, 0.1) is 5.92 Å². The summed E-state index contributed by atoms with van der Waals surface area (Å²) in [6.07, 6.45) is 4.51. The van der Waals surface area contributed by atoms with Gasteiger partial charge in [-0.1, -0.05) is 42.0 Å². The van der Waals surface area contributed by atoms with Gasteiger partial charge in [0.05, 0.1) is 0 Å². The smallest absolute Gasteiger partial charge is 0.0462 e. The van der Waals surface area contributed by atoms with Crippen molar-refractivity contribution >= 4 is 0 Å². The van der Waals surface area contributed by atoms with Crippen molar-refractivity contribution in [2.45, 2.75) is 54.9 Å². The third-order valence-corrected chi connectivity index (χ3v) is 2.05. The van der Waals surface area contributed by atoms with Crippen LogP contribution in [-0.2, 0) is 4.74 Å². The van der Waals surface area contributed by atoms with Gasteiger partial charge < -0.3 is 9.84 Å². The lowest BCUT2D eigenvalue weighted by Crippen LogP contribution is -2.04. The fourth-order valence-corrected chi connectivity index (χ4v) is 1.10. The number of unbranched alkanes of at least 4 members (excludes halogenated alkanes) is 1. The Morgan fingerprint density at radius 2 is 1.71 bits per heavy atom. The molecular weight excluding hydrogens is 176 g/mol. The summed E-state index contributed by atoms with van der Waals surface area (Å²) in [5, 5.41) is 8.85. The Balaban J connectivity index is -0.000000167. The molecule has 0 aromatic rings. The highest BCUT2D eigenvalue weighted by Gasteiger charge is 2.02. The highest BCUT2D eigenvalue weighted by Crippen LogP contribution is 2.10. The molecule has 0 saturated carbocycles.